The molecule has 6 nitrogen and oxygen atoms in total. The number of benzene rings is 3. The molecule has 3 aromatic carbocycles. The quantitative estimate of drug-likeness (QED) is 0.250. The molecule has 0 fully saturated rings. The van der Waals surface area contributed by atoms with Gasteiger partial charge in [0, 0.05) is 23.2 Å². The zero-order chi connectivity index (χ0) is 26.9. The van der Waals surface area contributed by atoms with Gasteiger partial charge in [0.15, 0.2) is 5.75 Å². The third-order valence-electron chi connectivity index (χ3n) is 6.44. The standard InChI is InChI=1S/C30H22ClN3O3S/c1-3-4-16-34-25-17-21(20-8-6-5-7-9-20)10-13-26(25)37-29(34)15-14-27-30(24(19-32)33-2)23-12-11-22(31)18-28(23)38(27,35)36/h5-15,17-18H,3-4,16H2,1H3/b27-14-,29-15-,30-24+. The number of hydrogen-bond acceptors (Lipinski definition) is 5. The van der Waals surface area contributed by atoms with Gasteiger partial charge in [-0.05, 0) is 53.5 Å². The zero-order valence-electron chi connectivity index (χ0n) is 20.5. The Morgan fingerprint density at radius 1 is 1.11 bits per heavy atom. The maximum Gasteiger partial charge on any atom is 0.270 e. The molecule has 0 saturated heterocycles. The molecule has 0 aromatic heterocycles. The Kier molecular flexibility index (Phi) is 6.82. The molecule has 5 rings (SSSR count). The molecule has 38 heavy (non-hydrogen) atoms. The number of nitriles is 1. The molecule has 8 heteroatoms. The summed E-state index contributed by atoms with van der Waals surface area (Å²) in [7, 11) is -4.01. The van der Waals surface area contributed by atoms with Crippen molar-refractivity contribution in [2.45, 2.75) is 24.7 Å². The van der Waals surface area contributed by atoms with Crippen LogP contribution in [0, 0.1) is 17.9 Å². The highest BCUT2D eigenvalue weighted by Crippen LogP contribution is 2.46. The lowest BCUT2D eigenvalue weighted by atomic mass is 10.0. The SMILES string of the molecule is [C-]#[N+]/C(C#N)=C1/C(=C/C=C2\Oc3ccc(-c4ccccc4)cc3N2CCCC)S(=O)(=O)c2cc(Cl)ccc21. The molecule has 0 N–H and O–H groups in total. The summed E-state index contributed by atoms with van der Waals surface area (Å²) in [5.74, 6) is 1.14. The van der Waals surface area contributed by atoms with Crippen molar-refractivity contribution in [3.8, 4) is 22.9 Å². The Morgan fingerprint density at radius 2 is 1.89 bits per heavy atom. The van der Waals surface area contributed by atoms with Crippen molar-refractivity contribution >= 4 is 32.7 Å². The number of ether oxygens (including phenoxy) is 1. The first-order valence-corrected chi connectivity index (χ1v) is 13.9. The number of rotatable bonds is 5. The number of fused-ring (bicyclic) bond motifs is 2. The molecule has 2 heterocycles. The highest BCUT2D eigenvalue weighted by Gasteiger charge is 2.38. The highest BCUT2D eigenvalue weighted by molar-refractivity contribution is 7.96. The van der Waals surface area contributed by atoms with Crippen LogP contribution >= 0.6 is 11.6 Å². The highest BCUT2D eigenvalue weighted by atomic mass is 35.5. The van der Waals surface area contributed by atoms with E-state index in [9.17, 15) is 13.7 Å². The summed E-state index contributed by atoms with van der Waals surface area (Å²) < 4.78 is 33.2. The van der Waals surface area contributed by atoms with Crippen LogP contribution in [0.2, 0.25) is 5.02 Å². The predicted molar refractivity (Wildman–Crippen MR) is 149 cm³/mol. The molecule has 0 radical (unpaired) electrons. The lowest BCUT2D eigenvalue weighted by Gasteiger charge is -2.18. The van der Waals surface area contributed by atoms with Crippen LogP contribution < -0.4 is 9.64 Å². The van der Waals surface area contributed by atoms with Gasteiger partial charge in [-0.25, -0.2) is 18.5 Å². The van der Waals surface area contributed by atoms with Crippen molar-refractivity contribution in [3.05, 3.63) is 117 Å². The molecule has 0 amide bonds. The average molecular weight is 540 g/mol. The monoisotopic (exact) mass is 539 g/mol. The number of halogens is 1. The van der Waals surface area contributed by atoms with E-state index < -0.39 is 9.84 Å². The Morgan fingerprint density at radius 3 is 2.61 bits per heavy atom. The van der Waals surface area contributed by atoms with Crippen LogP contribution in [-0.2, 0) is 9.84 Å². The van der Waals surface area contributed by atoms with Crippen molar-refractivity contribution in [1.29, 1.82) is 5.26 Å². The summed E-state index contributed by atoms with van der Waals surface area (Å²) in [5, 5.41) is 9.85. The van der Waals surface area contributed by atoms with E-state index in [0.717, 1.165) is 29.7 Å². The van der Waals surface area contributed by atoms with Crippen molar-refractivity contribution < 1.29 is 13.2 Å². The fourth-order valence-electron chi connectivity index (χ4n) is 4.59. The van der Waals surface area contributed by atoms with Gasteiger partial charge >= 0.3 is 0 Å². The van der Waals surface area contributed by atoms with E-state index in [1.165, 1.54) is 18.2 Å². The average Bonchev–Trinajstić information content (AvgIpc) is 3.38. The minimum Gasteiger partial charge on any atom is -0.439 e. The van der Waals surface area contributed by atoms with E-state index in [0.29, 0.717) is 18.2 Å². The smallest absolute Gasteiger partial charge is 0.270 e. The van der Waals surface area contributed by atoms with Gasteiger partial charge < -0.3 is 9.64 Å². The number of sulfone groups is 1. The van der Waals surface area contributed by atoms with Gasteiger partial charge in [-0.1, -0.05) is 67.4 Å². The molecule has 0 saturated carbocycles. The first kappa shape index (κ1) is 25.4. The van der Waals surface area contributed by atoms with E-state index in [-0.39, 0.29) is 31.7 Å². The van der Waals surface area contributed by atoms with E-state index >= 15 is 0 Å². The predicted octanol–water partition coefficient (Wildman–Crippen LogP) is 7.37. The van der Waals surface area contributed by atoms with Crippen molar-refractivity contribution in [2.75, 3.05) is 11.4 Å². The Hall–Kier alpha value is -4.30. The maximum absolute atomic E-state index is 13.5. The molecule has 0 aliphatic carbocycles. The van der Waals surface area contributed by atoms with Gasteiger partial charge in [0.2, 0.25) is 15.7 Å². The molecule has 188 valence electrons. The van der Waals surface area contributed by atoms with Crippen molar-refractivity contribution in [2.24, 2.45) is 0 Å². The Labute approximate surface area is 227 Å². The third-order valence-corrected chi connectivity index (χ3v) is 8.51. The maximum atomic E-state index is 13.5. The van der Waals surface area contributed by atoms with Gasteiger partial charge in [0.1, 0.15) is 0 Å². The van der Waals surface area contributed by atoms with E-state index in [1.54, 1.807) is 12.1 Å². The summed E-state index contributed by atoms with van der Waals surface area (Å²) >= 11 is 6.09. The van der Waals surface area contributed by atoms with Gasteiger partial charge in [0.25, 0.3) is 5.70 Å². The topological polar surface area (TPSA) is 74.8 Å². The largest absolute Gasteiger partial charge is 0.439 e. The third kappa shape index (κ3) is 4.37. The second kappa shape index (κ2) is 10.2. The lowest BCUT2D eigenvalue weighted by molar-refractivity contribution is 0.437. The van der Waals surface area contributed by atoms with Crippen LogP contribution in [-0.4, -0.2) is 15.0 Å². The molecule has 2 aliphatic rings. The molecule has 0 spiro atoms. The van der Waals surface area contributed by atoms with E-state index in [2.05, 4.69) is 17.8 Å². The van der Waals surface area contributed by atoms with Crippen LogP contribution in [0.1, 0.15) is 25.3 Å². The van der Waals surface area contributed by atoms with Gasteiger partial charge in [0.05, 0.1) is 28.1 Å². The van der Waals surface area contributed by atoms with Crippen LogP contribution in [0.15, 0.2) is 100 Å². The summed E-state index contributed by atoms with van der Waals surface area (Å²) in [6.07, 6.45) is 4.87. The first-order valence-electron chi connectivity index (χ1n) is 12.0. The van der Waals surface area contributed by atoms with Crippen molar-refractivity contribution in [1.82, 2.24) is 0 Å². The van der Waals surface area contributed by atoms with Gasteiger partial charge in [-0.15, -0.1) is 0 Å². The number of anilines is 1. The second-order valence-electron chi connectivity index (χ2n) is 8.78. The fraction of sp³-hybridized carbons (Fsp3) is 0.133. The Balaban J connectivity index is 1.62. The number of unbranched alkanes of at least 4 members (excludes halogenated alkanes) is 1. The zero-order valence-corrected chi connectivity index (χ0v) is 22.1. The molecule has 3 aromatic rings. The number of hydrogen-bond donors (Lipinski definition) is 0. The van der Waals surface area contributed by atoms with Crippen LogP contribution in [0.4, 0.5) is 5.69 Å². The fourth-order valence-corrected chi connectivity index (χ4v) is 6.53. The molecule has 0 unspecified atom stereocenters. The van der Waals surface area contributed by atoms with Crippen LogP contribution in [0.3, 0.4) is 0 Å². The van der Waals surface area contributed by atoms with E-state index in [1.807, 2.05) is 53.4 Å². The molecular formula is C30H22ClN3O3S. The van der Waals surface area contributed by atoms with Crippen LogP contribution in [0.25, 0.3) is 21.5 Å². The van der Waals surface area contributed by atoms with Gasteiger partial charge in [-0.3, -0.25) is 0 Å². The lowest BCUT2D eigenvalue weighted by Crippen LogP contribution is -2.21. The molecule has 0 atom stereocenters. The summed E-state index contributed by atoms with van der Waals surface area (Å²) in [6, 6.07) is 22.3. The first-order chi connectivity index (χ1) is 18.4. The van der Waals surface area contributed by atoms with Crippen molar-refractivity contribution in [3.63, 3.8) is 0 Å². The molecule has 0 bridgehead atoms. The molecular weight excluding hydrogens is 518 g/mol. The van der Waals surface area contributed by atoms with Crippen LogP contribution in [0.5, 0.6) is 5.75 Å². The number of nitrogens with zero attached hydrogens (tertiary/aromatic N) is 3. The normalized spacial score (nSPS) is 18.5. The summed E-state index contributed by atoms with van der Waals surface area (Å²) in [6.45, 7) is 10.2. The Bertz CT molecular complexity index is 1710. The molecule has 2 aliphatic heterocycles. The minimum absolute atomic E-state index is 0.0213. The van der Waals surface area contributed by atoms with E-state index in [4.69, 9.17) is 22.9 Å². The second-order valence-corrected chi connectivity index (χ2v) is 11.1. The minimum atomic E-state index is -4.01. The summed E-state index contributed by atoms with van der Waals surface area (Å²) in [5.41, 5.74) is 3.08. The number of allylic oxidation sites excluding steroid dienone is 4. The van der Waals surface area contributed by atoms with Gasteiger partial charge in [-0.2, -0.15) is 0 Å². The summed E-state index contributed by atoms with van der Waals surface area (Å²) in [4.78, 5) is 5.17.